The molecule has 1 saturated carbocycles. The second kappa shape index (κ2) is 4.92. The summed E-state index contributed by atoms with van der Waals surface area (Å²) < 4.78 is 5.23. The second-order valence-electron chi connectivity index (χ2n) is 4.97. The molecular weight excluding hydrogens is 216 g/mol. The van der Waals surface area contributed by atoms with Gasteiger partial charge < -0.3 is 15.1 Å². The number of aryl methyl sites for hydroxylation is 1. The fraction of sp³-hybridized carbons (Fsp3) is 0.615. The summed E-state index contributed by atoms with van der Waals surface area (Å²) in [5.74, 6) is 1.20. The SMILES string of the molecule is Cc1occc1CN(C)C(=O)C1CCC(N)C1. The molecule has 1 aromatic heterocycles. The molecule has 1 aromatic rings. The lowest BCUT2D eigenvalue weighted by Gasteiger charge is -2.20. The Hall–Kier alpha value is -1.29. The Morgan fingerprint density at radius 3 is 2.88 bits per heavy atom. The lowest BCUT2D eigenvalue weighted by molar-refractivity contribution is -0.134. The van der Waals surface area contributed by atoms with Crippen LogP contribution in [0, 0.1) is 12.8 Å². The van der Waals surface area contributed by atoms with Crippen LogP contribution in [-0.4, -0.2) is 23.9 Å². The van der Waals surface area contributed by atoms with E-state index in [-0.39, 0.29) is 17.9 Å². The van der Waals surface area contributed by atoms with Gasteiger partial charge in [0, 0.05) is 31.1 Å². The van der Waals surface area contributed by atoms with E-state index in [1.54, 1.807) is 11.2 Å². The first-order valence-corrected chi connectivity index (χ1v) is 6.11. The van der Waals surface area contributed by atoms with Gasteiger partial charge in [-0.25, -0.2) is 0 Å². The van der Waals surface area contributed by atoms with Crippen molar-refractivity contribution in [3.8, 4) is 0 Å². The second-order valence-corrected chi connectivity index (χ2v) is 4.97. The van der Waals surface area contributed by atoms with Crippen LogP contribution < -0.4 is 5.73 Å². The zero-order chi connectivity index (χ0) is 12.4. The van der Waals surface area contributed by atoms with Crippen LogP contribution in [0.1, 0.15) is 30.6 Å². The first-order valence-electron chi connectivity index (χ1n) is 6.11. The number of carbonyl (C=O) groups excluding carboxylic acids is 1. The van der Waals surface area contributed by atoms with Gasteiger partial charge in [-0.05, 0) is 32.3 Å². The van der Waals surface area contributed by atoms with Crippen molar-refractivity contribution in [2.75, 3.05) is 7.05 Å². The Kier molecular flexibility index (Phi) is 3.52. The van der Waals surface area contributed by atoms with E-state index < -0.39 is 0 Å². The summed E-state index contributed by atoms with van der Waals surface area (Å²) in [6.45, 7) is 2.53. The molecule has 4 heteroatoms. The summed E-state index contributed by atoms with van der Waals surface area (Å²) in [7, 11) is 1.85. The van der Waals surface area contributed by atoms with Crippen LogP contribution >= 0.6 is 0 Å². The van der Waals surface area contributed by atoms with Crippen molar-refractivity contribution in [1.29, 1.82) is 0 Å². The normalized spacial score (nSPS) is 23.9. The maximum Gasteiger partial charge on any atom is 0.225 e. The summed E-state index contributed by atoms with van der Waals surface area (Å²) in [6, 6.07) is 2.12. The zero-order valence-electron chi connectivity index (χ0n) is 10.5. The van der Waals surface area contributed by atoms with Crippen LogP contribution in [0.2, 0.25) is 0 Å². The molecule has 2 atom stereocenters. The van der Waals surface area contributed by atoms with Crippen LogP contribution in [-0.2, 0) is 11.3 Å². The van der Waals surface area contributed by atoms with Gasteiger partial charge in [0.1, 0.15) is 5.76 Å². The molecule has 0 aromatic carbocycles. The predicted molar refractivity (Wildman–Crippen MR) is 65.2 cm³/mol. The maximum atomic E-state index is 12.2. The fourth-order valence-corrected chi connectivity index (χ4v) is 2.46. The first kappa shape index (κ1) is 12.2. The molecule has 1 amide bonds. The molecule has 1 fully saturated rings. The Labute approximate surface area is 102 Å². The number of nitrogens with two attached hydrogens (primary N) is 1. The Morgan fingerprint density at radius 2 is 2.35 bits per heavy atom. The monoisotopic (exact) mass is 236 g/mol. The molecule has 2 unspecified atom stereocenters. The zero-order valence-corrected chi connectivity index (χ0v) is 10.5. The number of hydrogen-bond acceptors (Lipinski definition) is 3. The van der Waals surface area contributed by atoms with Gasteiger partial charge in [-0.3, -0.25) is 4.79 Å². The van der Waals surface area contributed by atoms with Crippen LogP contribution in [0.15, 0.2) is 16.7 Å². The highest BCUT2D eigenvalue weighted by Crippen LogP contribution is 2.26. The van der Waals surface area contributed by atoms with E-state index in [4.69, 9.17) is 10.2 Å². The Bertz CT molecular complexity index is 400. The van der Waals surface area contributed by atoms with Crippen molar-refractivity contribution in [2.24, 2.45) is 11.7 Å². The lowest BCUT2D eigenvalue weighted by atomic mass is 10.1. The standard InChI is InChI=1S/C13H20N2O2/c1-9-11(5-6-17-9)8-15(2)13(16)10-3-4-12(14)7-10/h5-6,10,12H,3-4,7-8,14H2,1-2H3. The van der Waals surface area contributed by atoms with Gasteiger partial charge in [-0.1, -0.05) is 0 Å². The number of hydrogen-bond donors (Lipinski definition) is 1. The minimum Gasteiger partial charge on any atom is -0.469 e. The molecule has 17 heavy (non-hydrogen) atoms. The quantitative estimate of drug-likeness (QED) is 0.868. The topological polar surface area (TPSA) is 59.5 Å². The molecule has 1 aliphatic rings. The summed E-state index contributed by atoms with van der Waals surface area (Å²) in [6.07, 6.45) is 4.38. The number of nitrogens with zero attached hydrogens (tertiary/aromatic N) is 1. The molecule has 94 valence electrons. The molecule has 0 spiro atoms. The van der Waals surface area contributed by atoms with Crippen molar-refractivity contribution in [3.63, 3.8) is 0 Å². The molecule has 0 bridgehead atoms. The first-order chi connectivity index (χ1) is 8.08. The minimum atomic E-state index is 0.113. The highest BCUT2D eigenvalue weighted by atomic mass is 16.3. The van der Waals surface area contributed by atoms with E-state index in [0.717, 1.165) is 30.6 Å². The third-order valence-corrected chi connectivity index (χ3v) is 3.57. The van der Waals surface area contributed by atoms with Gasteiger partial charge in [0.05, 0.1) is 6.26 Å². The number of furan rings is 1. The van der Waals surface area contributed by atoms with Crippen LogP contribution in [0.25, 0.3) is 0 Å². The van der Waals surface area contributed by atoms with Gasteiger partial charge in [0.2, 0.25) is 5.91 Å². The van der Waals surface area contributed by atoms with Crippen molar-refractivity contribution in [1.82, 2.24) is 4.90 Å². The Morgan fingerprint density at radius 1 is 1.59 bits per heavy atom. The fourth-order valence-electron chi connectivity index (χ4n) is 2.46. The lowest BCUT2D eigenvalue weighted by Crippen LogP contribution is -2.32. The highest BCUT2D eigenvalue weighted by molar-refractivity contribution is 5.79. The average molecular weight is 236 g/mol. The molecule has 2 N–H and O–H groups in total. The molecule has 0 radical (unpaired) electrons. The van der Waals surface area contributed by atoms with Crippen molar-refractivity contribution in [2.45, 2.75) is 38.8 Å². The van der Waals surface area contributed by atoms with Crippen molar-refractivity contribution >= 4 is 5.91 Å². The molecular formula is C13H20N2O2. The van der Waals surface area contributed by atoms with Gasteiger partial charge in [-0.15, -0.1) is 0 Å². The van der Waals surface area contributed by atoms with Gasteiger partial charge in [0.15, 0.2) is 0 Å². The minimum absolute atomic E-state index is 0.113. The smallest absolute Gasteiger partial charge is 0.225 e. The van der Waals surface area contributed by atoms with E-state index in [2.05, 4.69) is 0 Å². The summed E-state index contributed by atoms with van der Waals surface area (Å²) >= 11 is 0. The number of amides is 1. The largest absolute Gasteiger partial charge is 0.469 e. The van der Waals surface area contributed by atoms with E-state index in [1.807, 2.05) is 20.0 Å². The average Bonchev–Trinajstić information content (AvgIpc) is 2.88. The van der Waals surface area contributed by atoms with E-state index in [9.17, 15) is 4.79 Å². The molecule has 4 nitrogen and oxygen atoms in total. The third-order valence-electron chi connectivity index (χ3n) is 3.57. The van der Waals surface area contributed by atoms with E-state index >= 15 is 0 Å². The van der Waals surface area contributed by atoms with Crippen molar-refractivity contribution in [3.05, 3.63) is 23.7 Å². The van der Waals surface area contributed by atoms with Gasteiger partial charge in [-0.2, -0.15) is 0 Å². The molecule has 2 rings (SSSR count). The molecule has 0 saturated heterocycles. The predicted octanol–water partition coefficient (Wildman–Crippen LogP) is 1.67. The molecule has 1 heterocycles. The van der Waals surface area contributed by atoms with Crippen LogP contribution in [0.5, 0.6) is 0 Å². The molecule has 0 aliphatic heterocycles. The van der Waals surface area contributed by atoms with Crippen LogP contribution in [0.3, 0.4) is 0 Å². The van der Waals surface area contributed by atoms with E-state index in [1.165, 1.54) is 0 Å². The number of rotatable bonds is 3. The van der Waals surface area contributed by atoms with Crippen molar-refractivity contribution < 1.29 is 9.21 Å². The van der Waals surface area contributed by atoms with Gasteiger partial charge in [0.25, 0.3) is 0 Å². The Balaban J connectivity index is 1.94. The summed E-state index contributed by atoms with van der Waals surface area (Å²) in [5, 5.41) is 0. The highest BCUT2D eigenvalue weighted by Gasteiger charge is 2.29. The number of carbonyl (C=O) groups is 1. The van der Waals surface area contributed by atoms with E-state index in [0.29, 0.717) is 6.54 Å². The molecule has 1 aliphatic carbocycles. The van der Waals surface area contributed by atoms with Gasteiger partial charge >= 0.3 is 0 Å². The third kappa shape index (κ3) is 2.69. The maximum absolute atomic E-state index is 12.2. The van der Waals surface area contributed by atoms with Crippen LogP contribution in [0.4, 0.5) is 0 Å². The summed E-state index contributed by atoms with van der Waals surface area (Å²) in [4.78, 5) is 13.9. The summed E-state index contributed by atoms with van der Waals surface area (Å²) in [5.41, 5.74) is 6.91.